The lowest BCUT2D eigenvalue weighted by Gasteiger charge is -2.47. The second-order valence-corrected chi connectivity index (χ2v) is 5.51. The molecule has 2 aliphatic rings. The van der Waals surface area contributed by atoms with Crippen LogP contribution in [0.15, 0.2) is 12.2 Å². The Morgan fingerprint density at radius 1 is 1.21 bits per heavy atom. The molecular weight excluding hydrogens is 240 g/mol. The summed E-state index contributed by atoms with van der Waals surface area (Å²) in [4.78, 5) is 27.1. The fraction of sp³-hybridized carbons (Fsp3) is 0.733. The molecule has 1 fully saturated rings. The van der Waals surface area contributed by atoms with Gasteiger partial charge in [-0.3, -0.25) is 9.59 Å². The fourth-order valence-electron chi connectivity index (χ4n) is 3.25. The van der Waals surface area contributed by atoms with Crippen molar-refractivity contribution < 1.29 is 9.59 Å². The lowest BCUT2D eigenvalue weighted by Crippen LogP contribution is -2.71. The van der Waals surface area contributed by atoms with Crippen LogP contribution in [0.25, 0.3) is 0 Å². The predicted molar refractivity (Wildman–Crippen MR) is 74.5 cm³/mol. The van der Waals surface area contributed by atoms with Crippen molar-refractivity contribution in [2.45, 2.75) is 70.5 Å². The fourth-order valence-corrected chi connectivity index (χ4v) is 3.25. The molecule has 1 aliphatic heterocycles. The van der Waals surface area contributed by atoms with E-state index in [9.17, 15) is 9.59 Å². The Morgan fingerprint density at radius 3 is 2.26 bits per heavy atom. The standard InChI is InChI=1S/C15H24N2O2/c1-4-12-13(18)16-15(5-2,6-3)14(19)17(12)11-9-7-8-10-11/h7-8,11-12H,4-6,9-10H2,1-3H3,(H,16,18). The van der Waals surface area contributed by atoms with Gasteiger partial charge in [-0.25, -0.2) is 0 Å². The molecule has 0 aromatic carbocycles. The number of rotatable bonds is 4. The van der Waals surface area contributed by atoms with Gasteiger partial charge in [0.05, 0.1) is 0 Å². The summed E-state index contributed by atoms with van der Waals surface area (Å²) in [7, 11) is 0. The van der Waals surface area contributed by atoms with E-state index >= 15 is 0 Å². The van der Waals surface area contributed by atoms with Gasteiger partial charge in [-0.1, -0.05) is 32.9 Å². The van der Waals surface area contributed by atoms with E-state index in [1.165, 1.54) is 0 Å². The third-order valence-electron chi connectivity index (χ3n) is 4.61. The third kappa shape index (κ3) is 2.17. The van der Waals surface area contributed by atoms with Crippen molar-refractivity contribution >= 4 is 11.8 Å². The lowest BCUT2D eigenvalue weighted by molar-refractivity contribution is -0.158. The molecule has 2 rings (SSSR count). The number of nitrogens with zero attached hydrogens (tertiary/aromatic N) is 1. The van der Waals surface area contributed by atoms with Crippen LogP contribution in [0, 0.1) is 0 Å². The summed E-state index contributed by atoms with van der Waals surface area (Å²) in [6.07, 6.45) is 7.95. The maximum Gasteiger partial charge on any atom is 0.249 e. The van der Waals surface area contributed by atoms with Gasteiger partial charge in [0.2, 0.25) is 11.8 Å². The van der Waals surface area contributed by atoms with Gasteiger partial charge in [0, 0.05) is 6.04 Å². The Bertz CT molecular complexity index is 391. The number of hydrogen-bond donors (Lipinski definition) is 1. The van der Waals surface area contributed by atoms with Crippen LogP contribution in [0.5, 0.6) is 0 Å². The molecule has 0 radical (unpaired) electrons. The van der Waals surface area contributed by atoms with E-state index in [4.69, 9.17) is 0 Å². The van der Waals surface area contributed by atoms with Crippen LogP contribution in [0.3, 0.4) is 0 Å². The SMILES string of the molecule is CCC1C(=O)NC(CC)(CC)C(=O)N1C1CC=CC1. The summed E-state index contributed by atoms with van der Waals surface area (Å²) in [5, 5.41) is 2.98. The summed E-state index contributed by atoms with van der Waals surface area (Å²) in [5.41, 5.74) is -0.689. The lowest BCUT2D eigenvalue weighted by atomic mass is 9.85. The van der Waals surface area contributed by atoms with E-state index in [1.807, 2.05) is 25.7 Å². The minimum atomic E-state index is -0.689. The highest BCUT2D eigenvalue weighted by molar-refractivity contribution is 6.00. The van der Waals surface area contributed by atoms with Gasteiger partial charge < -0.3 is 10.2 Å². The van der Waals surface area contributed by atoms with Crippen LogP contribution < -0.4 is 5.32 Å². The monoisotopic (exact) mass is 264 g/mol. The number of carbonyl (C=O) groups is 2. The third-order valence-corrected chi connectivity index (χ3v) is 4.61. The maximum absolute atomic E-state index is 12.9. The van der Waals surface area contributed by atoms with Crippen molar-refractivity contribution in [2.24, 2.45) is 0 Å². The molecule has 0 spiro atoms. The van der Waals surface area contributed by atoms with Crippen molar-refractivity contribution in [3.05, 3.63) is 12.2 Å². The summed E-state index contributed by atoms with van der Waals surface area (Å²) >= 11 is 0. The van der Waals surface area contributed by atoms with Crippen LogP contribution >= 0.6 is 0 Å². The Balaban J connectivity index is 2.33. The molecule has 2 amide bonds. The van der Waals surface area contributed by atoms with E-state index in [-0.39, 0.29) is 23.9 Å². The Labute approximate surface area is 115 Å². The Morgan fingerprint density at radius 2 is 1.79 bits per heavy atom. The zero-order valence-electron chi connectivity index (χ0n) is 12.1. The van der Waals surface area contributed by atoms with E-state index in [0.717, 1.165) is 12.8 Å². The molecule has 1 N–H and O–H groups in total. The summed E-state index contributed by atoms with van der Waals surface area (Å²) in [6.45, 7) is 5.91. The zero-order chi connectivity index (χ0) is 14.0. The molecule has 1 heterocycles. The predicted octanol–water partition coefficient (Wildman–Crippen LogP) is 2.00. The van der Waals surface area contributed by atoms with Crippen LogP contribution in [-0.4, -0.2) is 34.3 Å². The van der Waals surface area contributed by atoms with Gasteiger partial charge in [0.25, 0.3) is 0 Å². The first kappa shape index (κ1) is 14.1. The number of amides is 2. The first-order valence-corrected chi connectivity index (χ1v) is 7.39. The summed E-state index contributed by atoms with van der Waals surface area (Å²) in [5.74, 6) is 0.121. The van der Waals surface area contributed by atoms with Gasteiger partial charge in [-0.15, -0.1) is 0 Å². The van der Waals surface area contributed by atoms with Gasteiger partial charge >= 0.3 is 0 Å². The minimum absolute atomic E-state index is 0.0118. The van der Waals surface area contributed by atoms with Crippen molar-refractivity contribution in [1.82, 2.24) is 10.2 Å². The highest BCUT2D eigenvalue weighted by Gasteiger charge is 2.50. The van der Waals surface area contributed by atoms with Gasteiger partial charge in [-0.05, 0) is 32.1 Å². The van der Waals surface area contributed by atoms with Crippen LogP contribution in [0.4, 0.5) is 0 Å². The van der Waals surface area contributed by atoms with Gasteiger partial charge in [-0.2, -0.15) is 0 Å². The molecule has 0 saturated carbocycles. The molecule has 1 saturated heterocycles. The molecule has 4 nitrogen and oxygen atoms in total. The van der Waals surface area contributed by atoms with E-state index in [2.05, 4.69) is 17.5 Å². The number of nitrogens with one attached hydrogen (secondary N) is 1. The van der Waals surface area contributed by atoms with Crippen molar-refractivity contribution in [2.75, 3.05) is 0 Å². The van der Waals surface area contributed by atoms with Crippen LogP contribution in [0.1, 0.15) is 52.9 Å². The average Bonchev–Trinajstić information content (AvgIpc) is 2.94. The highest BCUT2D eigenvalue weighted by atomic mass is 16.2. The molecule has 0 bridgehead atoms. The average molecular weight is 264 g/mol. The first-order valence-electron chi connectivity index (χ1n) is 7.39. The molecule has 0 aromatic rings. The smallest absolute Gasteiger partial charge is 0.249 e. The highest BCUT2D eigenvalue weighted by Crippen LogP contribution is 2.31. The Hall–Kier alpha value is -1.32. The van der Waals surface area contributed by atoms with Crippen molar-refractivity contribution in [3.8, 4) is 0 Å². The topological polar surface area (TPSA) is 49.4 Å². The Kier molecular flexibility index (Phi) is 3.97. The van der Waals surface area contributed by atoms with E-state index < -0.39 is 5.54 Å². The van der Waals surface area contributed by atoms with Crippen molar-refractivity contribution in [3.63, 3.8) is 0 Å². The second kappa shape index (κ2) is 5.35. The molecular formula is C15H24N2O2. The number of carbonyl (C=O) groups excluding carboxylic acids is 2. The van der Waals surface area contributed by atoms with Crippen molar-refractivity contribution in [1.29, 1.82) is 0 Å². The first-order chi connectivity index (χ1) is 9.09. The van der Waals surface area contributed by atoms with Crippen LogP contribution in [0.2, 0.25) is 0 Å². The van der Waals surface area contributed by atoms with E-state index in [0.29, 0.717) is 19.3 Å². The summed E-state index contributed by atoms with van der Waals surface area (Å²) in [6, 6.07) is -0.135. The molecule has 1 unspecified atom stereocenters. The largest absolute Gasteiger partial charge is 0.340 e. The molecule has 1 atom stereocenters. The molecule has 0 aromatic heterocycles. The van der Waals surface area contributed by atoms with Gasteiger partial charge in [0.15, 0.2) is 0 Å². The minimum Gasteiger partial charge on any atom is -0.340 e. The second-order valence-electron chi connectivity index (χ2n) is 5.51. The summed E-state index contributed by atoms with van der Waals surface area (Å²) < 4.78 is 0. The molecule has 4 heteroatoms. The quantitative estimate of drug-likeness (QED) is 0.790. The number of hydrogen-bond acceptors (Lipinski definition) is 2. The molecule has 106 valence electrons. The van der Waals surface area contributed by atoms with Gasteiger partial charge in [0.1, 0.15) is 11.6 Å². The van der Waals surface area contributed by atoms with E-state index in [1.54, 1.807) is 0 Å². The van der Waals surface area contributed by atoms with Crippen LogP contribution in [-0.2, 0) is 9.59 Å². The number of piperazine rings is 1. The normalized spacial score (nSPS) is 26.9. The molecule has 1 aliphatic carbocycles. The maximum atomic E-state index is 12.9. The molecule has 19 heavy (non-hydrogen) atoms. The zero-order valence-corrected chi connectivity index (χ0v) is 12.1.